The zero-order valence-electron chi connectivity index (χ0n) is 16.3. The fourth-order valence-corrected chi connectivity index (χ4v) is 4.22. The van der Waals surface area contributed by atoms with Gasteiger partial charge in [0, 0.05) is 29.0 Å². The molecule has 2 heterocycles. The molecule has 1 unspecified atom stereocenters. The maximum Gasteiger partial charge on any atom is 0.145 e. The molecule has 1 atom stereocenters. The van der Waals surface area contributed by atoms with Crippen LogP contribution in [0.3, 0.4) is 0 Å². The molecule has 0 N–H and O–H groups in total. The average Bonchev–Trinajstić information content (AvgIpc) is 3.44. The van der Waals surface area contributed by atoms with Gasteiger partial charge in [-0.25, -0.2) is 4.98 Å². The second kappa shape index (κ2) is 6.82. The molecule has 30 heavy (non-hydrogen) atoms. The molecule has 1 aliphatic heterocycles. The number of nitrogens with zero attached hydrogens (tertiary/aromatic N) is 3. The van der Waals surface area contributed by atoms with Crippen LogP contribution in [-0.2, 0) is 0 Å². The van der Waals surface area contributed by atoms with Gasteiger partial charge in [0.05, 0.1) is 16.7 Å². The first kappa shape index (κ1) is 16.9. The molecule has 0 bridgehead atoms. The molecule has 2 aliphatic rings. The lowest BCUT2D eigenvalue weighted by molar-refractivity contribution is 1.04. The normalized spacial score (nSPS) is 17.1. The molecule has 4 aromatic rings. The third-order valence-corrected chi connectivity index (χ3v) is 5.69. The molecule has 0 saturated carbocycles. The van der Waals surface area contributed by atoms with Crippen LogP contribution < -0.4 is 0 Å². The number of rotatable bonds is 3. The van der Waals surface area contributed by atoms with Gasteiger partial charge >= 0.3 is 0 Å². The summed E-state index contributed by atoms with van der Waals surface area (Å²) < 4.78 is 2.24. The molecular weight excluding hydrogens is 366 g/mol. The number of allylic oxidation sites excluding steroid dienone is 4. The Bertz CT molecular complexity index is 1380. The van der Waals surface area contributed by atoms with Crippen molar-refractivity contribution in [2.45, 2.75) is 5.92 Å². The Balaban J connectivity index is 1.50. The van der Waals surface area contributed by atoms with E-state index < -0.39 is 0 Å². The van der Waals surface area contributed by atoms with Crippen LogP contribution >= 0.6 is 0 Å². The number of benzene rings is 3. The number of hydrogen-bond donors (Lipinski definition) is 0. The predicted octanol–water partition coefficient (Wildman–Crippen LogP) is 6.24. The van der Waals surface area contributed by atoms with Crippen molar-refractivity contribution in [3.05, 3.63) is 120 Å². The van der Waals surface area contributed by atoms with Crippen LogP contribution in [0.5, 0.6) is 0 Å². The van der Waals surface area contributed by atoms with Crippen LogP contribution in [0, 0.1) is 0 Å². The Kier molecular flexibility index (Phi) is 3.85. The molecule has 1 aromatic heterocycles. The maximum atomic E-state index is 5.00. The quantitative estimate of drug-likeness (QED) is 0.410. The van der Waals surface area contributed by atoms with Crippen LogP contribution in [0.1, 0.15) is 11.5 Å². The first-order chi connectivity index (χ1) is 14.9. The van der Waals surface area contributed by atoms with Crippen molar-refractivity contribution >= 4 is 17.2 Å². The van der Waals surface area contributed by atoms with E-state index >= 15 is 0 Å². The molecular formula is C27H19N3. The lowest BCUT2D eigenvalue weighted by Crippen LogP contribution is -2.00. The van der Waals surface area contributed by atoms with E-state index in [4.69, 9.17) is 4.98 Å². The molecule has 3 nitrogen and oxygen atoms in total. The molecule has 1 aliphatic carbocycles. The van der Waals surface area contributed by atoms with Crippen LogP contribution in [0.25, 0.3) is 28.1 Å². The maximum absolute atomic E-state index is 5.00. The first-order valence-electron chi connectivity index (χ1n) is 10.1. The van der Waals surface area contributed by atoms with Crippen LogP contribution in [0.2, 0.25) is 0 Å². The summed E-state index contributed by atoms with van der Waals surface area (Å²) in [6, 6.07) is 27.4. The minimum absolute atomic E-state index is 0.210. The van der Waals surface area contributed by atoms with Crippen molar-refractivity contribution < 1.29 is 0 Å². The highest BCUT2D eigenvalue weighted by molar-refractivity contribution is 5.84. The van der Waals surface area contributed by atoms with Crippen LogP contribution in [-0.4, -0.2) is 15.8 Å². The standard InChI is InChI=1S/C27H19N3/c1-2-9-23(10-3-1)30-26-12-5-4-11-24(26)29-27(30)22-8-6-7-20(17-22)21-14-13-19-15-16-28-25(19)18-21/h1-18,21H. The van der Waals surface area contributed by atoms with E-state index in [0.29, 0.717) is 0 Å². The van der Waals surface area contributed by atoms with Gasteiger partial charge in [-0.15, -0.1) is 0 Å². The molecule has 0 spiro atoms. The van der Waals surface area contributed by atoms with Crippen molar-refractivity contribution in [3.63, 3.8) is 0 Å². The van der Waals surface area contributed by atoms with Gasteiger partial charge in [0.2, 0.25) is 0 Å². The number of hydrogen-bond acceptors (Lipinski definition) is 2. The van der Waals surface area contributed by atoms with Crippen molar-refractivity contribution in [3.8, 4) is 17.1 Å². The Labute approximate surface area is 175 Å². The Morgan fingerprint density at radius 3 is 2.63 bits per heavy atom. The second-order valence-corrected chi connectivity index (χ2v) is 7.56. The molecule has 0 fully saturated rings. The summed E-state index contributed by atoms with van der Waals surface area (Å²) in [7, 11) is 0. The molecule has 3 heteroatoms. The summed E-state index contributed by atoms with van der Waals surface area (Å²) in [4.78, 5) is 9.47. The van der Waals surface area contributed by atoms with Gasteiger partial charge in [0.1, 0.15) is 5.82 Å². The van der Waals surface area contributed by atoms with Gasteiger partial charge in [0.15, 0.2) is 0 Å². The van der Waals surface area contributed by atoms with E-state index in [2.05, 4.69) is 101 Å². The number of fused-ring (bicyclic) bond motifs is 2. The lowest BCUT2D eigenvalue weighted by atomic mass is 9.91. The minimum atomic E-state index is 0.210. The van der Waals surface area contributed by atoms with Gasteiger partial charge < -0.3 is 0 Å². The lowest BCUT2D eigenvalue weighted by Gasteiger charge is -2.16. The number of imidazole rings is 1. The van der Waals surface area contributed by atoms with Crippen molar-refractivity contribution in [2.75, 3.05) is 0 Å². The third kappa shape index (κ3) is 2.75. The van der Waals surface area contributed by atoms with E-state index in [1.807, 2.05) is 18.3 Å². The van der Waals surface area contributed by atoms with E-state index in [9.17, 15) is 0 Å². The molecule has 0 radical (unpaired) electrons. The van der Waals surface area contributed by atoms with Gasteiger partial charge in [-0.3, -0.25) is 9.56 Å². The minimum Gasteiger partial charge on any atom is -0.292 e. The Morgan fingerprint density at radius 2 is 1.70 bits per heavy atom. The van der Waals surface area contributed by atoms with E-state index in [-0.39, 0.29) is 5.92 Å². The van der Waals surface area contributed by atoms with E-state index in [0.717, 1.165) is 33.8 Å². The SMILES string of the molecule is C1=CC(c2cccc(-c3nc4ccccc4n3-c3ccccc3)c2)C=C2N=CC=C12. The summed E-state index contributed by atoms with van der Waals surface area (Å²) in [5.74, 6) is 1.16. The van der Waals surface area contributed by atoms with Gasteiger partial charge in [-0.05, 0) is 48.0 Å². The zero-order valence-corrected chi connectivity index (χ0v) is 16.3. The van der Waals surface area contributed by atoms with Gasteiger partial charge in [0.25, 0.3) is 0 Å². The molecule has 0 saturated heterocycles. The monoisotopic (exact) mass is 385 g/mol. The van der Waals surface area contributed by atoms with Crippen LogP contribution in [0.15, 0.2) is 119 Å². The van der Waals surface area contributed by atoms with E-state index in [1.54, 1.807) is 0 Å². The number of aliphatic imine (C=N–C) groups is 1. The van der Waals surface area contributed by atoms with Gasteiger partial charge in [-0.2, -0.15) is 0 Å². The highest BCUT2D eigenvalue weighted by atomic mass is 15.1. The average molecular weight is 385 g/mol. The number of aromatic nitrogens is 2. The second-order valence-electron chi connectivity index (χ2n) is 7.56. The van der Waals surface area contributed by atoms with Crippen molar-refractivity contribution in [1.29, 1.82) is 0 Å². The summed E-state index contributed by atoms with van der Waals surface area (Å²) in [5.41, 5.74) is 7.81. The fourth-order valence-electron chi connectivity index (χ4n) is 4.22. The number of para-hydroxylation sites is 3. The highest BCUT2D eigenvalue weighted by Crippen LogP contribution is 2.34. The molecule has 3 aromatic carbocycles. The zero-order chi connectivity index (χ0) is 19.9. The molecule has 0 amide bonds. The predicted molar refractivity (Wildman–Crippen MR) is 123 cm³/mol. The summed E-state index contributed by atoms with van der Waals surface area (Å²) in [6.07, 6.45) is 10.6. The fraction of sp³-hybridized carbons (Fsp3) is 0.0370. The summed E-state index contributed by atoms with van der Waals surface area (Å²) >= 11 is 0. The summed E-state index contributed by atoms with van der Waals surface area (Å²) in [5, 5.41) is 0. The van der Waals surface area contributed by atoms with Crippen molar-refractivity contribution in [1.82, 2.24) is 9.55 Å². The molecule has 142 valence electrons. The van der Waals surface area contributed by atoms with Crippen molar-refractivity contribution in [2.24, 2.45) is 4.99 Å². The summed E-state index contributed by atoms with van der Waals surface area (Å²) in [6.45, 7) is 0. The van der Waals surface area contributed by atoms with E-state index in [1.165, 1.54) is 11.1 Å². The highest BCUT2D eigenvalue weighted by Gasteiger charge is 2.18. The van der Waals surface area contributed by atoms with Gasteiger partial charge in [-0.1, -0.05) is 60.7 Å². The Morgan fingerprint density at radius 1 is 0.833 bits per heavy atom. The largest absolute Gasteiger partial charge is 0.292 e. The Hall–Kier alpha value is -3.98. The third-order valence-electron chi connectivity index (χ3n) is 5.69. The first-order valence-corrected chi connectivity index (χ1v) is 10.1. The van der Waals surface area contributed by atoms with Crippen LogP contribution in [0.4, 0.5) is 0 Å². The smallest absolute Gasteiger partial charge is 0.145 e. The molecule has 6 rings (SSSR count). The topological polar surface area (TPSA) is 30.2 Å².